The molecule has 0 aromatic carbocycles. The van der Waals surface area contributed by atoms with Crippen LogP contribution in [0.1, 0.15) is 10.4 Å². The van der Waals surface area contributed by atoms with Gasteiger partial charge in [-0.25, -0.2) is 4.98 Å². The Hall–Kier alpha value is -1.43. The number of rotatable bonds is 9. The number of nitrogens with zero attached hydrogens (tertiary/aromatic N) is 2. The van der Waals surface area contributed by atoms with Crippen molar-refractivity contribution >= 4 is 17.2 Å². The molecule has 0 aliphatic heterocycles. The topological polar surface area (TPSA) is 37.4 Å². The van der Waals surface area contributed by atoms with E-state index in [-0.39, 0.29) is 0 Å². The van der Waals surface area contributed by atoms with Gasteiger partial charge in [0.15, 0.2) is 0 Å². The molecule has 114 valence electrons. The third-order valence-corrected chi connectivity index (χ3v) is 4.24. The van der Waals surface area contributed by atoms with Crippen LogP contribution in [0.25, 0.3) is 0 Å². The van der Waals surface area contributed by atoms with Gasteiger partial charge in [0.25, 0.3) is 0 Å². The summed E-state index contributed by atoms with van der Waals surface area (Å²) in [6.07, 6.45) is 2.91. The number of ether oxygens (including phenoxy) is 1. The van der Waals surface area contributed by atoms with Crippen LogP contribution in [0.4, 0.5) is 5.82 Å². The van der Waals surface area contributed by atoms with Gasteiger partial charge in [-0.3, -0.25) is 0 Å². The van der Waals surface area contributed by atoms with E-state index in [1.807, 2.05) is 23.6 Å². The van der Waals surface area contributed by atoms with Crippen LogP contribution >= 0.6 is 11.3 Å². The zero-order valence-corrected chi connectivity index (χ0v) is 13.5. The van der Waals surface area contributed by atoms with Crippen molar-refractivity contribution in [2.24, 2.45) is 0 Å². The number of methoxy groups -OCH3 is 1. The van der Waals surface area contributed by atoms with Gasteiger partial charge in [0.05, 0.1) is 6.61 Å². The molecule has 0 unspecified atom stereocenters. The lowest BCUT2D eigenvalue weighted by atomic mass is 10.2. The monoisotopic (exact) mass is 305 g/mol. The number of likely N-dealkylation sites (N-methyl/N-ethyl adjacent to an activating group) is 1. The third-order valence-electron chi connectivity index (χ3n) is 3.30. The molecule has 0 fully saturated rings. The molecule has 0 bridgehead atoms. The Kier molecular flexibility index (Phi) is 6.66. The molecule has 0 aliphatic carbocycles. The number of hydrogen-bond donors (Lipinski definition) is 1. The minimum Gasteiger partial charge on any atom is -0.383 e. The highest BCUT2D eigenvalue weighted by molar-refractivity contribution is 7.09. The molecule has 1 N–H and O–H groups in total. The molecule has 5 heteroatoms. The predicted molar refractivity (Wildman–Crippen MR) is 89.1 cm³/mol. The molecule has 2 heterocycles. The first kappa shape index (κ1) is 15.9. The fraction of sp³-hybridized carbons (Fsp3) is 0.438. The van der Waals surface area contributed by atoms with Crippen LogP contribution in [-0.4, -0.2) is 38.8 Å². The first-order valence-corrected chi connectivity index (χ1v) is 8.06. The number of aromatic nitrogens is 1. The Morgan fingerprint density at radius 2 is 2.24 bits per heavy atom. The Morgan fingerprint density at radius 3 is 3.00 bits per heavy atom. The minimum atomic E-state index is 0.726. The van der Waals surface area contributed by atoms with E-state index in [1.54, 1.807) is 7.11 Å². The lowest BCUT2D eigenvalue weighted by Crippen LogP contribution is -2.25. The molecule has 0 atom stereocenters. The van der Waals surface area contributed by atoms with Crippen LogP contribution in [0.2, 0.25) is 0 Å². The average molecular weight is 305 g/mol. The molecule has 0 aliphatic rings. The van der Waals surface area contributed by atoms with Gasteiger partial charge in [-0.1, -0.05) is 12.1 Å². The number of hydrogen-bond acceptors (Lipinski definition) is 5. The summed E-state index contributed by atoms with van der Waals surface area (Å²) >= 11 is 1.81. The van der Waals surface area contributed by atoms with Crippen LogP contribution in [-0.2, 0) is 17.7 Å². The molecule has 2 aromatic rings. The molecule has 0 saturated heterocycles. The second kappa shape index (κ2) is 8.77. The van der Waals surface area contributed by atoms with Crippen molar-refractivity contribution in [2.75, 3.05) is 38.8 Å². The van der Waals surface area contributed by atoms with Crippen molar-refractivity contribution in [1.82, 2.24) is 10.3 Å². The van der Waals surface area contributed by atoms with Gasteiger partial charge >= 0.3 is 0 Å². The third kappa shape index (κ3) is 5.12. The van der Waals surface area contributed by atoms with Gasteiger partial charge in [0.2, 0.25) is 0 Å². The van der Waals surface area contributed by atoms with E-state index >= 15 is 0 Å². The largest absolute Gasteiger partial charge is 0.383 e. The van der Waals surface area contributed by atoms with E-state index in [9.17, 15) is 0 Å². The van der Waals surface area contributed by atoms with E-state index < -0.39 is 0 Å². The first-order chi connectivity index (χ1) is 10.3. The summed E-state index contributed by atoms with van der Waals surface area (Å²) in [5, 5.41) is 5.50. The highest BCUT2D eigenvalue weighted by Crippen LogP contribution is 2.17. The zero-order chi connectivity index (χ0) is 14.9. The van der Waals surface area contributed by atoms with Crippen molar-refractivity contribution < 1.29 is 4.74 Å². The maximum Gasteiger partial charge on any atom is 0.132 e. The Bertz CT molecular complexity index is 516. The normalized spacial score (nSPS) is 10.8. The summed E-state index contributed by atoms with van der Waals surface area (Å²) < 4.78 is 5.05. The molecule has 2 rings (SSSR count). The Morgan fingerprint density at radius 1 is 1.33 bits per heavy atom. The van der Waals surface area contributed by atoms with E-state index in [2.05, 4.69) is 45.8 Å². The van der Waals surface area contributed by atoms with Gasteiger partial charge < -0.3 is 15.0 Å². The highest BCUT2D eigenvalue weighted by atomic mass is 32.1. The van der Waals surface area contributed by atoms with Crippen LogP contribution < -0.4 is 10.2 Å². The van der Waals surface area contributed by atoms with Crippen LogP contribution in [0.5, 0.6) is 0 Å². The smallest absolute Gasteiger partial charge is 0.132 e. The van der Waals surface area contributed by atoms with Gasteiger partial charge in [0, 0.05) is 50.4 Å². The summed E-state index contributed by atoms with van der Waals surface area (Å²) in [6.45, 7) is 3.37. The second-order valence-electron chi connectivity index (χ2n) is 4.91. The van der Waals surface area contributed by atoms with Crippen LogP contribution in [0, 0.1) is 0 Å². The number of pyridine rings is 1. The number of anilines is 1. The van der Waals surface area contributed by atoms with E-state index in [1.165, 1.54) is 10.4 Å². The molecule has 0 saturated carbocycles. The summed E-state index contributed by atoms with van der Waals surface area (Å²) in [5.41, 5.74) is 1.22. The summed E-state index contributed by atoms with van der Waals surface area (Å²) in [6, 6.07) is 8.41. The van der Waals surface area contributed by atoms with Crippen molar-refractivity contribution in [3.8, 4) is 0 Å². The molecule has 21 heavy (non-hydrogen) atoms. The van der Waals surface area contributed by atoms with Gasteiger partial charge in [0.1, 0.15) is 5.82 Å². The van der Waals surface area contributed by atoms with Crippen LogP contribution in [0.15, 0.2) is 35.8 Å². The number of nitrogens with one attached hydrogen (secondary N) is 1. The van der Waals surface area contributed by atoms with Gasteiger partial charge in [-0.05, 0) is 23.9 Å². The maximum absolute atomic E-state index is 5.05. The fourth-order valence-corrected chi connectivity index (χ4v) is 2.85. The van der Waals surface area contributed by atoms with E-state index in [0.29, 0.717) is 0 Å². The molecule has 0 amide bonds. The van der Waals surface area contributed by atoms with Crippen molar-refractivity contribution in [1.29, 1.82) is 0 Å². The van der Waals surface area contributed by atoms with Crippen molar-refractivity contribution in [3.63, 3.8) is 0 Å². The summed E-state index contributed by atoms with van der Waals surface area (Å²) in [5.74, 6) is 1.05. The van der Waals surface area contributed by atoms with Crippen molar-refractivity contribution in [2.45, 2.75) is 13.0 Å². The highest BCUT2D eigenvalue weighted by Gasteiger charge is 2.08. The first-order valence-electron chi connectivity index (χ1n) is 7.18. The molecule has 4 nitrogen and oxygen atoms in total. The Balaban J connectivity index is 1.91. The Labute approximate surface area is 130 Å². The molecular formula is C16H23N3OS. The quantitative estimate of drug-likeness (QED) is 0.723. The predicted octanol–water partition coefficient (Wildman–Crippen LogP) is 2.56. The van der Waals surface area contributed by atoms with Crippen molar-refractivity contribution in [3.05, 3.63) is 46.3 Å². The number of thiophene rings is 1. The molecule has 2 aromatic heterocycles. The summed E-state index contributed by atoms with van der Waals surface area (Å²) in [7, 11) is 3.82. The standard InChI is InChI=1S/C16H23N3OS/c1-19(10-7-15-6-4-12-21-15)16-14(5-3-8-18-16)13-17-9-11-20-2/h3-6,8,12,17H,7,9-11,13H2,1-2H3. The average Bonchev–Trinajstić information content (AvgIpc) is 3.03. The summed E-state index contributed by atoms with van der Waals surface area (Å²) in [4.78, 5) is 8.18. The maximum atomic E-state index is 5.05. The van der Waals surface area contributed by atoms with Gasteiger partial charge in [-0.15, -0.1) is 11.3 Å². The van der Waals surface area contributed by atoms with E-state index in [0.717, 1.165) is 38.5 Å². The second-order valence-corrected chi connectivity index (χ2v) is 5.94. The van der Waals surface area contributed by atoms with Gasteiger partial charge in [-0.2, -0.15) is 0 Å². The van der Waals surface area contributed by atoms with E-state index in [4.69, 9.17) is 4.74 Å². The minimum absolute atomic E-state index is 0.726. The molecular weight excluding hydrogens is 282 g/mol. The lowest BCUT2D eigenvalue weighted by Gasteiger charge is -2.21. The fourth-order valence-electron chi connectivity index (χ4n) is 2.15. The zero-order valence-electron chi connectivity index (χ0n) is 12.7. The lowest BCUT2D eigenvalue weighted by molar-refractivity contribution is 0.199. The SMILES string of the molecule is COCCNCc1cccnc1N(C)CCc1cccs1. The molecule has 0 radical (unpaired) electrons. The molecule has 0 spiro atoms. The van der Waals surface area contributed by atoms with Crippen LogP contribution in [0.3, 0.4) is 0 Å².